The van der Waals surface area contributed by atoms with Crippen LogP contribution >= 0.6 is 0 Å². The summed E-state index contributed by atoms with van der Waals surface area (Å²) in [5.41, 5.74) is 6.02. The number of rotatable bonds is 3. The number of hydrogen-bond donors (Lipinski definition) is 2. The number of benzene rings is 1. The monoisotopic (exact) mass is 268 g/mol. The summed E-state index contributed by atoms with van der Waals surface area (Å²) in [4.78, 5) is 0.184. The van der Waals surface area contributed by atoms with Crippen molar-refractivity contribution in [1.82, 2.24) is 4.72 Å². The van der Waals surface area contributed by atoms with Crippen LogP contribution in [0.4, 0.5) is 5.69 Å². The van der Waals surface area contributed by atoms with Crippen molar-refractivity contribution in [2.45, 2.75) is 43.5 Å². The van der Waals surface area contributed by atoms with Crippen LogP contribution in [0.2, 0.25) is 0 Å². The fourth-order valence-corrected chi connectivity index (χ4v) is 3.97. The largest absolute Gasteiger partial charge is 0.398 e. The van der Waals surface area contributed by atoms with Gasteiger partial charge in [0, 0.05) is 6.04 Å². The van der Waals surface area contributed by atoms with E-state index in [9.17, 15) is 8.42 Å². The lowest BCUT2D eigenvalue weighted by molar-refractivity contribution is 0.327. The van der Waals surface area contributed by atoms with Crippen molar-refractivity contribution in [3.63, 3.8) is 0 Å². The lowest BCUT2D eigenvalue weighted by Crippen LogP contribution is -2.38. The van der Waals surface area contributed by atoms with E-state index in [1.54, 1.807) is 24.3 Å². The molecule has 0 bridgehead atoms. The first kappa shape index (κ1) is 13.4. The lowest BCUT2D eigenvalue weighted by Gasteiger charge is -2.27. The topological polar surface area (TPSA) is 72.2 Å². The molecular formula is C13H20N2O2S. The van der Waals surface area contributed by atoms with Gasteiger partial charge >= 0.3 is 0 Å². The highest BCUT2D eigenvalue weighted by molar-refractivity contribution is 7.89. The van der Waals surface area contributed by atoms with E-state index in [1.165, 1.54) is 6.42 Å². The lowest BCUT2D eigenvalue weighted by atomic mass is 9.88. The van der Waals surface area contributed by atoms with Crippen LogP contribution < -0.4 is 10.5 Å². The van der Waals surface area contributed by atoms with Gasteiger partial charge in [-0.2, -0.15) is 0 Å². The van der Waals surface area contributed by atoms with Gasteiger partial charge in [-0.15, -0.1) is 0 Å². The molecule has 0 heterocycles. The highest BCUT2D eigenvalue weighted by atomic mass is 32.2. The standard InChI is InChI=1S/C13H20N2O2S/c1-10-5-4-6-11(9-10)15-18(16,17)13-8-3-2-7-12(13)14/h2-3,7-8,10-11,15H,4-6,9,14H2,1H3/t10-,11+/m0/s1. The van der Waals surface area contributed by atoms with Crippen LogP contribution in [0.15, 0.2) is 29.2 Å². The second-order valence-corrected chi connectivity index (χ2v) is 6.81. The summed E-state index contributed by atoms with van der Waals surface area (Å²) >= 11 is 0. The smallest absolute Gasteiger partial charge is 0.242 e. The van der Waals surface area contributed by atoms with Gasteiger partial charge in [0.1, 0.15) is 4.90 Å². The predicted octanol–water partition coefficient (Wildman–Crippen LogP) is 2.13. The Kier molecular flexibility index (Phi) is 3.92. The van der Waals surface area contributed by atoms with E-state index in [4.69, 9.17) is 5.73 Å². The summed E-state index contributed by atoms with van der Waals surface area (Å²) in [7, 11) is -3.49. The molecule has 18 heavy (non-hydrogen) atoms. The van der Waals surface area contributed by atoms with Crippen LogP contribution in [-0.2, 0) is 10.0 Å². The van der Waals surface area contributed by atoms with Crippen molar-refractivity contribution >= 4 is 15.7 Å². The number of nitrogens with one attached hydrogen (secondary N) is 1. The number of hydrogen-bond acceptors (Lipinski definition) is 3. The molecular weight excluding hydrogens is 248 g/mol. The minimum Gasteiger partial charge on any atom is -0.398 e. The normalized spacial score (nSPS) is 24.9. The maximum Gasteiger partial charge on any atom is 0.242 e. The zero-order valence-corrected chi connectivity index (χ0v) is 11.4. The molecule has 0 saturated heterocycles. The Labute approximate surface area is 109 Å². The molecule has 4 nitrogen and oxygen atoms in total. The van der Waals surface area contributed by atoms with Gasteiger partial charge in [0.25, 0.3) is 0 Å². The quantitative estimate of drug-likeness (QED) is 0.825. The number of para-hydroxylation sites is 1. The maximum atomic E-state index is 12.2. The Hall–Kier alpha value is -1.07. The summed E-state index contributed by atoms with van der Waals surface area (Å²) in [6, 6.07) is 6.62. The second-order valence-electron chi connectivity index (χ2n) is 5.13. The Balaban J connectivity index is 2.15. The number of sulfonamides is 1. The molecule has 1 aromatic carbocycles. The molecule has 1 saturated carbocycles. The first-order valence-electron chi connectivity index (χ1n) is 6.36. The summed E-state index contributed by atoms with van der Waals surface area (Å²) in [5.74, 6) is 0.583. The molecule has 1 aromatic rings. The van der Waals surface area contributed by atoms with Gasteiger partial charge in [0.15, 0.2) is 0 Å². The summed E-state index contributed by atoms with van der Waals surface area (Å²) in [6.07, 6.45) is 4.09. The Morgan fingerprint density at radius 2 is 2.00 bits per heavy atom. The third kappa shape index (κ3) is 3.03. The summed E-state index contributed by atoms with van der Waals surface area (Å²) in [5, 5.41) is 0. The third-order valence-electron chi connectivity index (χ3n) is 3.47. The van der Waals surface area contributed by atoms with Crippen molar-refractivity contribution in [3.05, 3.63) is 24.3 Å². The summed E-state index contributed by atoms with van der Waals surface area (Å²) in [6.45, 7) is 2.16. The first-order chi connectivity index (χ1) is 8.49. The summed E-state index contributed by atoms with van der Waals surface area (Å²) < 4.78 is 27.2. The van der Waals surface area contributed by atoms with Crippen LogP contribution in [-0.4, -0.2) is 14.5 Å². The van der Waals surface area contributed by atoms with Gasteiger partial charge in [-0.3, -0.25) is 0 Å². The highest BCUT2D eigenvalue weighted by Gasteiger charge is 2.25. The van der Waals surface area contributed by atoms with Gasteiger partial charge in [0.05, 0.1) is 5.69 Å². The van der Waals surface area contributed by atoms with Crippen LogP contribution in [0.5, 0.6) is 0 Å². The Morgan fingerprint density at radius 3 is 2.67 bits per heavy atom. The minimum absolute atomic E-state index is 0.0401. The highest BCUT2D eigenvalue weighted by Crippen LogP contribution is 2.25. The first-order valence-corrected chi connectivity index (χ1v) is 7.84. The molecule has 0 amide bonds. The van der Waals surface area contributed by atoms with E-state index >= 15 is 0 Å². The van der Waals surface area contributed by atoms with Crippen LogP contribution in [0.1, 0.15) is 32.6 Å². The average molecular weight is 268 g/mol. The van der Waals surface area contributed by atoms with Crippen molar-refractivity contribution < 1.29 is 8.42 Å². The number of nitrogens with two attached hydrogens (primary N) is 1. The van der Waals surface area contributed by atoms with Gasteiger partial charge < -0.3 is 5.73 Å². The minimum atomic E-state index is -3.49. The second kappa shape index (κ2) is 5.28. The van der Waals surface area contributed by atoms with E-state index < -0.39 is 10.0 Å². The fourth-order valence-electron chi connectivity index (χ4n) is 2.55. The molecule has 2 atom stereocenters. The molecule has 100 valence electrons. The van der Waals surface area contributed by atoms with E-state index in [0.717, 1.165) is 19.3 Å². The molecule has 0 unspecified atom stereocenters. The van der Waals surface area contributed by atoms with Crippen LogP contribution in [0.25, 0.3) is 0 Å². The van der Waals surface area contributed by atoms with E-state index in [0.29, 0.717) is 11.6 Å². The Bertz CT molecular complexity index is 513. The van der Waals surface area contributed by atoms with Crippen molar-refractivity contribution in [2.75, 3.05) is 5.73 Å². The third-order valence-corrected chi connectivity index (χ3v) is 5.06. The average Bonchev–Trinajstić information content (AvgIpc) is 2.28. The fraction of sp³-hybridized carbons (Fsp3) is 0.538. The van der Waals surface area contributed by atoms with E-state index in [1.807, 2.05) is 0 Å². The SMILES string of the molecule is C[C@H]1CCC[C@@H](NS(=O)(=O)c2ccccc2N)C1. The molecule has 1 aliphatic rings. The van der Waals surface area contributed by atoms with Crippen LogP contribution in [0, 0.1) is 5.92 Å². The zero-order valence-electron chi connectivity index (χ0n) is 10.6. The van der Waals surface area contributed by atoms with Gasteiger partial charge in [-0.05, 0) is 30.9 Å². The van der Waals surface area contributed by atoms with E-state index in [2.05, 4.69) is 11.6 Å². The molecule has 1 aliphatic carbocycles. The number of anilines is 1. The Morgan fingerprint density at radius 1 is 1.28 bits per heavy atom. The molecule has 3 N–H and O–H groups in total. The molecule has 0 spiro atoms. The zero-order chi connectivity index (χ0) is 13.2. The predicted molar refractivity (Wildman–Crippen MR) is 72.6 cm³/mol. The van der Waals surface area contributed by atoms with Crippen molar-refractivity contribution in [1.29, 1.82) is 0 Å². The van der Waals surface area contributed by atoms with Crippen LogP contribution in [0.3, 0.4) is 0 Å². The van der Waals surface area contributed by atoms with Gasteiger partial charge in [-0.1, -0.05) is 31.9 Å². The van der Waals surface area contributed by atoms with Crippen molar-refractivity contribution in [3.8, 4) is 0 Å². The molecule has 0 aliphatic heterocycles. The maximum absolute atomic E-state index is 12.2. The van der Waals surface area contributed by atoms with E-state index in [-0.39, 0.29) is 10.9 Å². The van der Waals surface area contributed by atoms with Gasteiger partial charge in [0.2, 0.25) is 10.0 Å². The molecule has 0 aromatic heterocycles. The molecule has 5 heteroatoms. The molecule has 1 fully saturated rings. The number of nitrogen functional groups attached to an aromatic ring is 1. The molecule has 0 radical (unpaired) electrons. The van der Waals surface area contributed by atoms with Crippen molar-refractivity contribution in [2.24, 2.45) is 5.92 Å². The molecule has 2 rings (SSSR count). The van der Waals surface area contributed by atoms with Gasteiger partial charge in [-0.25, -0.2) is 13.1 Å².